The third kappa shape index (κ3) is 2.55. The van der Waals surface area contributed by atoms with Crippen molar-refractivity contribution < 1.29 is 9.59 Å². The highest BCUT2D eigenvalue weighted by Crippen LogP contribution is 2.18. The Labute approximate surface area is 105 Å². The molecule has 0 saturated heterocycles. The maximum atomic E-state index is 11.4. The maximum absolute atomic E-state index is 11.4. The maximum Gasteiger partial charge on any atom is 0.178 e. The van der Waals surface area contributed by atoms with Gasteiger partial charge < -0.3 is 0 Å². The van der Waals surface area contributed by atoms with Gasteiger partial charge in [0.2, 0.25) is 0 Å². The Kier molecular flexibility index (Phi) is 4.24. The zero-order chi connectivity index (χ0) is 11.4. The molecule has 0 aliphatic carbocycles. The van der Waals surface area contributed by atoms with Gasteiger partial charge in [-0.05, 0) is 34.7 Å². The number of carbonyl (C=O) groups is 2. The molecular formula is C10H5ClINO2. The van der Waals surface area contributed by atoms with Crippen LogP contribution in [-0.4, -0.2) is 17.9 Å². The van der Waals surface area contributed by atoms with Gasteiger partial charge in [-0.3, -0.25) is 9.59 Å². The van der Waals surface area contributed by atoms with Crippen LogP contribution in [-0.2, 0) is 0 Å². The number of Topliss-reactive ketones (excluding diaryl/α,β-unsaturated/α-hetero) is 1. The number of nitrogens with zero attached hydrogens (tertiary/aromatic N) is 1. The van der Waals surface area contributed by atoms with Crippen LogP contribution >= 0.6 is 34.2 Å². The summed E-state index contributed by atoms with van der Waals surface area (Å²) in [6, 6.07) is 4.85. The lowest BCUT2D eigenvalue weighted by Crippen LogP contribution is -2.06. The van der Waals surface area contributed by atoms with E-state index in [0.717, 1.165) is 0 Å². The zero-order valence-corrected chi connectivity index (χ0v) is 10.4. The molecule has 0 fully saturated rings. The molecule has 76 valence electrons. The van der Waals surface area contributed by atoms with Crippen LogP contribution in [0.5, 0.6) is 0 Å². The first kappa shape index (κ1) is 12.1. The highest BCUT2D eigenvalue weighted by atomic mass is 127. The SMILES string of the molecule is N#Cc1cc(C=O)c(C(=O)CCl)cc1I. The molecule has 15 heavy (non-hydrogen) atoms. The fourth-order valence-corrected chi connectivity index (χ4v) is 1.82. The first-order valence-electron chi connectivity index (χ1n) is 3.92. The molecule has 0 heterocycles. The fourth-order valence-electron chi connectivity index (χ4n) is 1.09. The Bertz CT molecular complexity index is 465. The summed E-state index contributed by atoms with van der Waals surface area (Å²) in [5.74, 6) is -0.496. The summed E-state index contributed by atoms with van der Waals surface area (Å²) in [4.78, 5) is 22.1. The number of carbonyl (C=O) groups excluding carboxylic acids is 2. The summed E-state index contributed by atoms with van der Waals surface area (Å²) < 4.78 is 0.633. The van der Waals surface area contributed by atoms with Gasteiger partial charge in [0.1, 0.15) is 6.07 Å². The third-order valence-electron chi connectivity index (χ3n) is 1.81. The average Bonchev–Trinajstić information content (AvgIpc) is 2.27. The number of hydrogen-bond donors (Lipinski definition) is 0. The molecule has 0 amide bonds. The van der Waals surface area contributed by atoms with Crippen LogP contribution in [0.15, 0.2) is 12.1 Å². The minimum Gasteiger partial charge on any atom is -0.298 e. The largest absolute Gasteiger partial charge is 0.298 e. The highest BCUT2D eigenvalue weighted by molar-refractivity contribution is 14.1. The molecule has 0 aliphatic rings. The Morgan fingerprint density at radius 2 is 2.27 bits per heavy atom. The Morgan fingerprint density at radius 3 is 2.73 bits per heavy atom. The van der Waals surface area contributed by atoms with Crippen molar-refractivity contribution in [2.75, 3.05) is 5.88 Å². The second-order valence-corrected chi connectivity index (χ2v) is 4.14. The number of halogens is 2. The van der Waals surface area contributed by atoms with Crippen molar-refractivity contribution in [1.29, 1.82) is 5.26 Å². The van der Waals surface area contributed by atoms with Gasteiger partial charge in [0.25, 0.3) is 0 Å². The predicted molar refractivity (Wildman–Crippen MR) is 64.3 cm³/mol. The summed E-state index contributed by atoms with van der Waals surface area (Å²) in [6.07, 6.45) is 0.552. The van der Waals surface area contributed by atoms with Gasteiger partial charge in [0.15, 0.2) is 12.1 Å². The van der Waals surface area contributed by atoms with Crippen LogP contribution in [0.2, 0.25) is 0 Å². The van der Waals surface area contributed by atoms with Crippen LogP contribution in [0.3, 0.4) is 0 Å². The van der Waals surface area contributed by atoms with Crippen molar-refractivity contribution >= 4 is 46.3 Å². The van der Waals surface area contributed by atoms with Crippen LogP contribution in [0.1, 0.15) is 26.3 Å². The molecule has 1 aromatic carbocycles. The summed E-state index contributed by atoms with van der Waals surface area (Å²) >= 11 is 7.34. The van der Waals surface area contributed by atoms with Gasteiger partial charge in [0.05, 0.1) is 11.4 Å². The van der Waals surface area contributed by atoms with E-state index in [1.54, 1.807) is 0 Å². The molecule has 0 bridgehead atoms. The first-order valence-corrected chi connectivity index (χ1v) is 5.53. The fraction of sp³-hybridized carbons (Fsp3) is 0.100. The summed E-state index contributed by atoms with van der Waals surface area (Å²) in [5.41, 5.74) is 0.852. The van der Waals surface area contributed by atoms with Gasteiger partial charge in [-0.1, -0.05) is 0 Å². The second kappa shape index (κ2) is 5.24. The predicted octanol–water partition coefficient (Wildman–Crippen LogP) is 2.40. The summed E-state index contributed by atoms with van der Waals surface area (Å²) in [5, 5.41) is 8.74. The minimum atomic E-state index is -0.318. The van der Waals surface area contributed by atoms with Gasteiger partial charge >= 0.3 is 0 Å². The van der Waals surface area contributed by atoms with Gasteiger partial charge in [0, 0.05) is 14.7 Å². The molecule has 1 aromatic rings. The number of benzene rings is 1. The molecule has 0 atom stereocenters. The number of nitriles is 1. The summed E-state index contributed by atoms with van der Waals surface area (Å²) in [6.45, 7) is 0. The van der Waals surface area contributed by atoms with E-state index < -0.39 is 0 Å². The van der Waals surface area contributed by atoms with E-state index in [9.17, 15) is 9.59 Å². The van der Waals surface area contributed by atoms with E-state index in [-0.39, 0.29) is 22.8 Å². The van der Waals surface area contributed by atoms with Crippen LogP contribution in [0.25, 0.3) is 0 Å². The van der Waals surface area contributed by atoms with Crippen LogP contribution < -0.4 is 0 Å². The molecule has 5 heteroatoms. The highest BCUT2D eigenvalue weighted by Gasteiger charge is 2.13. The van der Waals surface area contributed by atoms with E-state index in [4.69, 9.17) is 16.9 Å². The number of rotatable bonds is 3. The lowest BCUT2D eigenvalue weighted by molar-refractivity contribution is 0.101. The van der Waals surface area contributed by atoms with E-state index in [2.05, 4.69) is 0 Å². The molecule has 3 nitrogen and oxygen atoms in total. The topological polar surface area (TPSA) is 57.9 Å². The Morgan fingerprint density at radius 1 is 1.60 bits per heavy atom. The van der Waals surface area contributed by atoms with E-state index in [1.165, 1.54) is 12.1 Å². The standard InChI is InChI=1S/C10H5ClINO2/c11-3-10(15)8-2-9(12)6(4-13)1-7(8)5-14/h1-2,5H,3H2. The van der Waals surface area contributed by atoms with Crippen molar-refractivity contribution in [3.8, 4) is 6.07 Å². The Balaban J connectivity index is 3.41. The van der Waals surface area contributed by atoms with Crippen molar-refractivity contribution in [2.24, 2.45) is 0 Å². The molecule has 0 spiro atoms. The molecule has 0 aromatic heterocycles. The first-order chi connectivity index (χ1) is 7.13. The average molecular weight is 334 g/mol. The zero-order valence-electron chi connectivity index (χ0n) is 7.46. The molecule has 0 radical (unpaired) electrons. The lowest BCUT2D eigenvalue weighted by Gasteiger charge is -2.03. The molecular weight excluding hydrogens is 328 g/mol. The van der Waals surface area contributed by atoms with Gasteiger partial charge in [-0.15, -0.1) is 11.6 Å². The quantitative estimate of drug-likeness (QED) is 0.369. The summed E-state index contributed by atoms with van der Waals surface area (Å²) in [7, 11) is 0. The monoisotopic (exact) mass is 333 g/mol. The minimum absolute atomic E-state index is 0.178. The normalized spacial score (nSPS) is 9.40. The van der Waals surface area contributed by atoms with Crippen molar-refractivity contribution in [1.82, 2.24) is 0 Å². The second-order valence-electron chi connectivity index (χ2n) is 2.71. The number of aldehydes is 1. The Hall–Kier alpha value is -0.930. The van der Waals surface area contributed by atoms with Gasteiger partial charge in [-0.25, -0.2) is 0 Å². The van der Waals surface area contributed by atoms with E-state index >= 15 is 0 Å². The smallest absolute Gasteiger partial charge is 0.178 e. The molecule has 1 rings (SSSR count). The lowest BCUT2D eigenvalue weighted by atomic mass is 10.0. The molecule has 0 N–H and O–H groups in total. The number of ketones is 1. The third-order valence-corrected chi connectivity index (χ3v) is 2.94. The molecule has 0 saturated carbocycles. The number of hydrogen-bond acceptors (Lipinski definition) is 3. The number of alkyl halides is 1. The van der Waals surface area contributed by atoms with E-state index in [1.807, 2.05) is 28.7 Å². The van der Waals surface area contributed by atoms with Gasteiger partial charge in [-0.2, -0.15) is 5.26 Å². The van der Waals surface area contributed by atoms with Crippen molar-refractivity contribution in [3.05, 3.63) is 32.4 Å². The molecule has 0 aliphatic heterocycles. The van der Waals surface area contributed by atoms with E-state index in [0.29, 0.717) is 15.4 Å². The van der Waals surface area contributed by atoms with Crippen molar-refractivity contribution in [2.45, 2.75) is 0 Å². The van der Waals surface area contributed by atoms with Crippen molar-refractivity contribution in [3.63, 3.8) is 0 Å². The molecule has 0 unspecified atom stereocenters. The van der Waals surface area contributed by atoms with Crippen LogP contribution in [0, 0.1) is 14.9 Å². The van der Waals surface area contributed by atoms with Crippen LogP contribution in [0.4, 0.5) is 0 Å².